The van der Waals surface area contributed by atoms with Crippen molar-refractivity contribution in [1.29, 1.82) is 0 Å². The molecule has 2 N–H and O–H groups in total. The number of pyridine rings is 1. The number of thioether (sulfide) groups is 1. The number of rotatable bonds is 5. The van der Waals surface area contributed by atoms with Crippen LogP contribution in [0.2, 0.25) is 0 Å². The van der Waals surface area contributed by atoms with Crippen LogP contribution >= 0.6 is 11.8 Å². The predicted octanol–water partition coefficient (Wildman–Crippen LogP) is 2.05. The molecule has 110 valence electrons. The molecule has 0 saturated carbocycles. The molecule has 0 radical (unpaired) electrons. The topological polar surface area (TPSA) is 82.3 Å². The number of primary amides is 1. The van der Waals surface area contributed by atoms with Crippen molar-refractivity contribution < 1.29 is 14.3 Å². The summed E-state index contributed by atoms with van der Waals surface area (Å²) in [5.41, 5.74) is 7.03. The molecule has 1 heterocycles. The first-order valence-electron chi connectivity index (χ1n) is 6.45. The standard InChI is InChI=1S/C15H16N2O3S/c1-9-7-13(17-12-6-4-3-5-11(9)12)21-8-14(18)20-10(2)15(16)19/h3-7,10H,8H2,1-2H3,(H2,16,19)/t10-/m1/s1. The summed E-state index contributed by atoms with van der Waals surface area (Å²) in [6.07, 6.45) is -0.913. The van der Waals surface area contributed by atoms with Crippen molar-refractivity contribution in [2.75, 3.05) is 5.75 Å². The quantitative estimate of drug-likeness (QED) is 0.675. The van der Waals surface area contributed by atoms with Gasteiger partial charge in [-0.3, -0.25) is 9.59 Å². The molecule has 1 aromatic heterocycles. The number of para-hydroxylation sites is 1. The van der Waals surface area contributed by atoms with Gasteiger partial charge in [-0.25, -0.2) is 4.98 Å². The number of hydrogen-bond donors (Lipinski definition) is 1. The van der Waals surface area contributed by atoms with Crippen molar-refractivity contribution in [2.45, 2.75) is 25.0 Å². The molecule has 2 rings (SSSR count). The third kappa shape index (κ3) is 3.95. The molecule has 1 atom stereocenters. The van der Waals surface area contributed by atoms with Gasteiger partial charge < -0.3 is 10.5 Å². The Morgan fingerprint density at radius 1 is 1.38 bits per heavy atom. The van der Waals surface area contributed by atoms with Crippen LogP contribution in [0.3, 0.4) is 0 Å². The maximum atomic E-state index is 11.6. The first-order chi connectivity index (χ1) is 9.97. The van der Waals surface area contributed by atoms with Gasteiger partial charge in [-0.15, -0.1) is 0 Å². The van der Waals surface area contributed by atoms with Crippen molar-refractivity contribution in [3.05, 3.63) is 35.9 Å². The second-order valence-electron chi connectivity index (χ2n) is 4.62. The minimum absolute atomic E-state index is 0.0857. The van der Waals surface area contributed by atoms with Gasteiger partial charge in [0.1, 0.15) is 0 Å². The van der Waals surface area contributed by atoms with Crippen molar-refractivity contribution in [2.24, 2.45) is 5.73 Å². The number of esters is 1. The Morgan fingerprint density at radius 2 is 2.10 bits per heavy atom. The molecule has 0 fully saturated rings. The molecule has 0 aliphatic carbocycles. The number of nitrogens with two attached hydrogens (primary N) is 1. The Labute approximate surface area is 126 Å². The third-order valence-electron chi connectivity index (χ3n) is 2.95. The number of ether oxygens (including phenoxy) is 1. The van der Waals surface area contributed by atoms with Gasteiger partial charge in [-0.2, -0.15) is 0 Å². The normalized spacial score (nSPS) is 12.1. The van der Waals surface area contributed by atoms with E-state index in [9.17, 15) is 9.59 Å². The fourth-order valence-corrected chi connectivity index (χ4v) is 2.57. The van der Waals surface area contributed by atoms with Crippen LogP contribution in [0, 0.1) is 6.92 Å². The number of fused-ring (bicyclic) bond motifs is 1. The molecule has 0 aliphatic heterocycles. The van der Waals surface area contributed by atoms with E-state index in [1.807, 2.05) is 37.3 Å². The maximum Gasteiger partial charge on any atom is 0.317 e. The molecule has 0 saturated heterocycles. The number of nitrogens with zero attached hydrogens (tertiary/aromatic N) is 1. The lowest BCUT2D eigenvalue weighted by atomic mass is 10.1. The fraction of sp³-hybridized carbons (Fsp3) is 0.267. The second kappa shape index (κ2) is 6.58. The van der Waals surface area contributed by atoms with Gasteiger partial charge in [0, 0.05) is 5.39 Å². The highest BCUT2D eigenvalue weighted by atomic mass is 32.2. The summed E-state index contributed by atoms with van der Waals surface area (Å²) in [5, 5.41) is 1.83. The van der Waals surface area contributed by atoms with Crippen molar-refractivity contribution in [1.82, 2.24) is 4.98 Å². The van der Waals surface area contributed by atoms with Crippen LogP contribution in [-0.2, 0) is 14.3 Å². The smallest absolute Gasteiger partial charge is 0.317 e. The fourth-order valence-electron chi connectivity index (χ4n) is 1.81. The van der Waals surface area contributed by atoms with Crippen molar-refractivity contribution in [3.8, 4) is 0 Å². The van der Waals surface area contributed by atoms with E-state index in [0.29, 0.717) is 0 Å². The summed E-state index contributed by atoms with van der Waals surface area (Å²) < 4.78 is 4.89. The summed E-state index contributed by atoms with van der Waals surface area (Å²) in [7, 11) is 0. The molecular formula is C15H16N2O3S. The number of carbonyl (C=O) groups excluding carboxylic acids is 2. The van der Waals surface area contributed by atoms with Gasteiger partial charge in [0.2, 0.25) is 0 Å². The molecule has 5 nitrogen and oxygen atoms in total. The first kappa shape index (κ1) is 15.3. The minimum Gasteiger partial charge on any atom is -0.452 e. The Morgan fingerprint density at radius 3 is 2.81 bits per heavy atom. The highest BCUT2D eigenvalue weighted by molar-refractivity contribution is 7.99. The van der Waals surface area contributed by atoms with Gasteiger partial charge in [0.05, 0.1) is 16.3 Å². The van der Waals surface area contributed by atoms with Crippen LogP contribution in [0.5, 0.6) is 0 Å². The second-order valence-corrected chi connectivity index (χ2v) is 5.61. The van der Waals surface area contributed by atoms with Crippen LogP contribution in [0.15, 0.2) is 35.4 Å². The Kier molecular flexibility index (Phi) is 4.80. The summed E-state index contributed by atoms with van der Waals surface area (Å²) in [4.78, 5) is 26.9. The highest BCUT2D eigenvalue weighted by Crippen LogP contribution is 2.23. The van der Waals surface area contributed by atoms with E-state index >= 15 is 0 Å². The zero-order chi connectivity index (χ0) is 15.4. The van der Waals surface area contributed by atoms with Crippen molar-refractivity contribution in [3.63, 3.8) is 0 Å². The molecule has 1 aromatic carbocycles. The van der Waals surface area contributed by atoms with E-state index in [1.165, 1.54) is 18.7 Å². The van der Waals surface area contributed by atoms with Crippen LogP contribution < -0.4 is 5.73 Å². The zero-order valence-corrected chi connectivity index (χ0v) is 12.6. The van der Waals surface area contributed by atoms with Gasteiger partial charge in [-0.05, 0) is 31.5 Å². The third-order valence-corrected chi connectivity index (χ3v) is 3.83. The number of amides is 1. The molecule has 0 aliphatic rings. The van der Waals surface area contributed by atoms with E-state index < -0.39 is 18.0 Å². The summed E-state index contributed by atoms with van der Waals surface area (Å²) in [6.45, 7) is 3.45. The van der Waals surface area contributed by atoms with E-state index in [-0.39, 0.29) is 5.75 Å². The molecule has 6 heteroatoms. The summed E-state index contributed by atoms with van der Waals surface area (Å²) >= 11 is 1.27. The SMILES string of the molecule is Cc1cc(SCC(=O)O[C@H](C)C(N)=O)nc2ccccc12. The molecule has 0 unspecified atom stereocenters. The highest BCUT2D eigenvalue weighted by Gasteiger charge is 2.15. The van der Waals surface area contributed by atoms with E-state index in [2.05, 4.69) is 4.98 Å². The monoisotopic (exact) mass is 304 g/mol. The number of hydrogen-bond acceptors (Lipinski definition) is 5. The van der Waals surface area contributed by atoms with Gasteiger partial charge in [-0.1, -0.05) is 30.0 Å². The first-order valence-corrected chi connectivity index (χ1v) is 7.44. The number of aryl methyl sites for hydroxylation is 1. The molecule has 2 aromatic rings. The molecule has 1 amide bonds. The Bertz CT molecular complexity index is 688. The Hall–Kier alpha value is -2.08. The van der Waals surface area contributed by atoms with Crippen LogP contribution in [0.25, 0.3) is 10.9 Å². The lowest BCUT2D eigenvalue weighted by Gasteiger charge is -2.09. The van der Waals surface area contributed by atoms with Gasteiger partial charge >= 0.3 is 5.97 Å². The average molecular weight is 304 g/mol. The molecular weight excluding hydrogens is 288 g/mol. The van der Waals surface area contributed by atoms with Crippen LogP contribution in [0.4, 0.5) is 0 Å². The lowest BCUT2D eigenvalue weighted by molar-refractivity contribution is -0.151. The lowest BCUT2D eigenvalue weighted by Crippen LogP contribution is -2.31. The Balaban J connectivity index is 2.04. The average Bonchev–Trinajstić information content (AvgIpc) is 2.45. The molecule has 21 heavy (non-hydrogen) atoms. The van der Waals surface area contributed by atoms with Gasteiger partial charge in [0.25, 0.3) is 5.91 Å². The van der Waals surface area contributed by atoms with Crippen molar-refractivity contribution >= 4 is 34.5 Å². The molecule has 0 bridgehead atoms. The zero-order valence-electron chi connectivity index (χ0n) is 11.8. The number of aromatic nitrogens is 1. The number of carbonyl (C=O) groups is 2. The molecule has 0 spiro atoms. The summed E-state index contributed by atoms with van der Waals surface area (Å²) in [6, 6.07) is 9.75. The predicted molar refractivity (Wildman–Crippen MR) is 82.0 cm³/mol. The van der Waals surface area contributed by atoms with E-state index in [1.54, 1.807) is 0 Å². The number of benzene rings is 1. The van der Waals surface area contributed by atoms with E-state index in [0.717, 1.165) is 21.5 Å². The summed E-state index contributed by atoms with van der Waals surface area (Å²) in [5.74, 6) is -1.06. The van der Waals surface area contributed by atoms with E-state index in [4.69, 9.17) is 10.5 Å². The largest absolute Gasteiger partial charge is 0.452 e. The van der Waals surface area contributed by atoms with Crippen LogP contribution in [-0.4, -0.2) is 28.7 Å². The minimum atomic E-state index is -0.913. The maximum absolute atomic E-state index is 11.6. The van der Waals surface area contributed by atoms with Gasteiger partial charge in [0.15, 0.2) is 6.10 Å². The van der Waals surface area contributed by atoms with Crippen LogP contribution in [0.1, 0.15) is 12.5 Å².